The Morgan fingerprint density at radius 1 is 0.929 bits per heavy atom. The van der Waals surface area contributed by atoms with Crippen molar-refractivity contribution < 1.29 is 8.85 Å². The molecule has 0 aromatic heterocycles. The third-order valence-corrected chi connectivity index (χ3v) is 17.5. The SMILES string of the molecule is C/C=C1\CO[Si](C(C)(C)C)(C(C)(C)C)OC1=C=N[Si](C(C)C)(C(C)C)C(C)C. The van der Waals surface area contributed by atoms with Crippen molar-refractivity contribution in [2.45, 2.75) is 117 Å². The van der Waals surface area contributed by atoms with Gasteiger partial charge in [0.2, 0.25) is 8.24 Å². The Balaban J connectivity index is 3.68. The summed E-state index contributed by atoms with van der Waals surface area (Å²) in [6.45, 7) is 30.1. The van der Waals surface area contributed by atoms with Gasteiger partial charge in [0, 0.05) is 21.5 Å². The fraction of sp³-hybridized carbons (Fsp3) is 0.826. The molecule has 0 spiro atoms. The van der Waals surface area contributed by atoms with Crippen LogP contribution < -0.4 is 0 Å². The molecule has 0 aliphatic carbocycles. The first-order valence-corrected chi connectivity index (χ1v) is 14.9. The predicted octanol–water partition coefficient (Wildman–Crippen LogP) is 7.75. The summed E-state index contributed by atoms with van der Waals surface area (Å²) in [5.74, 6) is 4.30. The second-order valence-corrected chi connectivity index (χ2v) is 21.4. The number of nitrogens with zero attached hydrogens (tertiary/aromatic N) is 1. The molecule has 1 fully saturated rings. The van der Waals surface area contributed by atoms with E-state index in [1.807, 2.05) is 6.92 Å². The van der Waals surface area contributed by atoms with E-state index in [0.717, 1.165) is 11.3 Å². The highest BCUT2D eigenvalue weighted by Crippen LogP contribution is 2.55. The average molecular weight is 424 g/mol. The molecule has 5 heteroatoms. The Labute approximate surface area is 177 Å². The van der Waals surface area contributed by atoms with Gasteiger partial charge in [0.25, 0.3) is 0 Å². The van der Waals surface area contributed by atoms with Crippen molar-refractivity contribution in [2.75, 3.05) is 6.61 Å². The van der Waals surface area contributed by atoms with Crippen LogP contribution in [-0.4, -0.2) is 29.3 Å². The molecule has 28 heavy (non-hydrogen) atoms. The minimum absolute atomic E-state index is 0.0554. The third kappa shape index (κ3) is 4.43. The lowest BCUT2D eigenvalue weighted by Gasteiger charge is -2.51. The van der Waals surface area contributed by atoms with Gasteiger partial charge in [0.15, 0.2) is 5.76 Å². The molecule has 0 unspecified atom stereocenters. The highest BCUT2D eigenvalue weighted by Gasteiger charge is 2.62. The molecule has 0 aromatic rings. The van der Waals surface area contributed by atoms with Crippen LogP contribution in [0.4, 0.5) is 0 Å². The van der Waals surface area contributed by atoms with Crippen molar-refractivity contribution in [3.63, 3.8) is 0 Å². The lowest BCUT2D eigenvalue weighted by Crippen LogP contribution is -2.59. The highest BCUT2D eigenvalue weighted by molar-refractivity contribution is 6.82. The molecule has 0 atom stereocenters. The van der Waals surface area contributed by atoms with E-state index in [0.29, 0.717) is 23.2 Å². The number of rotatable bonds is 4. The van der Waals surface area contributed by atoms with Crippen LogP contribution in [-0.2, 0) is 8.85 Å². The van der Waals surface area contributed by atoms with Gasteiger partial charge < -0.3 is 8.85 Å². The zero-order valence-corrected chi connectivity index (χ0v) is 22.8. The summed E-state index contributed by atoms with van der Waals surface area (Å²) in [4.78, 5) is 0. The first-order valence-electron chi connectivity index (χ1n) is 10.9. The molecule has 1 aliphatic rings. The van der Waals surface area contributed by atoms with Gasteiger partial charge in [-0.15, -0.1) is 0 Å². The summed E-state index contributed by atoms with van der Waals surface area (Å²) >= 11 is 0. The lowest BCUT2D eigenvalue weighted by molar-refractivity contribution is 0.147. The van der Waals surface area contributed by atoms with Gasteiger partial charge >= 0.3 is 8.56 Å². The Morgan fingerprint density at radius 3 is 1.68 bits per heavy atom. The molecule has 0 saturated carbocycles. The lowest BCUT2D eigenvalue weighted by atomic mass is 10.2. The van der Waals surface area contributed by atoms with Crippen LogP contribution in [0.2, 0.25) is 26.7 Å². The van der Waals surface area contributed by atoms with Gasteiger partial charge in [-0.1, -0.05) is 89.2 Å². The standard InChI is InChI=1S/C23H45NO2Si2/c1-14-20-16-25-28(22(8,9)10,23(11,12)13)26-21(20)15-24-27(17(2)3,18(4)5)19(6)7/h14,17-19H,16H2,1-13H3/b20-14+. The highest BCUT2D eigenvalue weighted by atomic mass is 28.4. The van der Waals surface area contributed by atoms with Crippen molar-refractivity contribution in [2.24, 2.45) is 4.66 Å². The molecule has 0 N–H and O–H groups in total. The van der Waals surface area contributed by atoms with Crippen molar-refractivity contribution in [3.05, 3.63) is 17.4 Å². The minimum atomic E-state index is -2.57. The minimum Gasteiger partial charge on any atom is -0.512 e. The molecule has 3 nitrogen and oxygen atoms in total. The van der Waals surface area contributed by atoms with Crippen molar-refractivity contribution in [1.82, 2.24) is 0 Å². The van der Waals surface area contributed by atoms with E-state index < -0.39 is 16.8 Å². The van der Waals surface area contributed by atoms with Gasteiger partial charge in [-0.2, -0.15) is 0 Å². The fourth-order valence-corrected chi connectivity index (χ4v) is 14.9. The largest absolute Gasteiger partial charge is 0.512 e. The maximum atomic E-state index is 6.82. The zero-order valence-electron chi connectivity index (χ0n) is 20.8. The first kappa shape index (κ1) is 25.4. The quantitative estimate of drug-likeness (QED) is 0.342. The van der Waals surface area contributed by atoms with Crippen molar-refractivity contribution in [1.29, 1.82) is 0 Å². The third-order valence-electron chi connectivity index (χ3n) is 6.42. The van der Waals surface area contributed by atoms with Gasteiger partial charge in [-0.3, -0.25) is 4.66 Å². The molecule has 0 bridgehead atoms. The van der Waals surface area contributed by atoms with E-state index in [1.165, 1.54) is 0 Å². The van der Waals surface area contributed by atoms with Crippen LogP contribution in [0.25, 0.3) is 0 Å². The molecule has 162 valence electrons. The van der Waals surface area contributed by atoms with Gasteiger partial charge in [-0.05, 0) is 23.5 Å². The van der Waals surface area contributed by atoms with E-state index in [4.69, 9.17) is 13.5 Å². The summed E-state index contributed by atoms with van der Waals surface area (Å²) in [7, 11) is -4.50. The van der Waals surface area contributed by atoms with Crippen LogP contribution in [0.5, 0.6) is 0 Å². The second kappa shape index (κ2) is 8.63. The van der Waals surface area contributed by atoms with E-state index in [9.17, 15) is 0 Å². The molecule has 1 rings (SSSR count). The first-order chi connectivity index (χ1) is 12.6. The Kier molecular flexibility index (Phi) is 7.83. The molecule has 1 saturated heterocycles. The van der Waals surface area contributed by atoms with E-state index in [1.54, 1.807) is 0 Å². The van der Waals surface area contributed by atoms with Crippen LogP contribution in [0.3, 0.4) is 0 Å². The Hall–Kier alpha value is -0.616. The Bertz CT molecular complexity index is 607. The number of allylic oxidation sites excluding steroid dienone is 1. The predicted molar refractivity (Wildman–Crippen MR) is 128 cm³/mol. The van der Waals surface area contributed by atoms with Crippen LogP contribution in [0.15, 0.2) is 22.1 Å². The summed E-state index contributed by atoms with van der Waals surface area (Å²) < 4.78 is 18.6. The van der Waals surface area contributed by atoms with E-state index >= 15 is 0 Å². The summed E-state index contributed by atoms with van der Waals surface area (Å²) in [6.07, 6.45) is 2.09. The van der Waals surface area contributed by atoms with Crippen LogP contribution >= 0.6 is 0 Å². The molecule has 1 heterocycles. The normalized spacial score (nSPS) is 20.0. The summed E-state index contributed by atoms with van der Waals surface area (Å²) in [6, 6.07) is 0. The van der Waals surface area contributed by atoms with Crippen molar-refractivity contribution in [3.8, 4) is 0 Å². The summed E-state index contributed by atoms with van der Waals surface area (Å²) in [5.41, 5.74) is 2.74. The maximum Gasteiger partial charge on any atom is 0.410 e. The zero-order chi connectivity index (χ0) is 22.1. The van der Waals surface area contributed by atoms with Crippen LogP contribution in [0.1, 0.15) is 90.0 Å². The van der Waals surface area contributed by atoms with E-state index in [-0.39, 0.29) is 10.1 Å². The molecule has 0 radical (unpaired) electrons. The van der Waals surface area contributed by atoms with Crippen molar-refractivity contribution >= 4 is 22.7 Å². The molecular formula is C23H45NO2Si2. The van der Waals surface area contributed by atoms with Gasteiger partial charge in [-0.25, -0.2) is 0 Å². The molecule has 1 aliphatic heterocycles. The molecular weight excluding hydrogens is 378 g/mol. The average Bonchev–Trinajstić information content (AvgIpc) is 2.51. The Morgan fingerprint density at radius 2 is 1.36 bits per heavy atom. The number of hydrogen-bond donors (Lipinski definition) is 0. The maximum absolute atomic E-state index is 6.82. The summed E-state index contributed by atoms with van der Waals surface area (Å²) in [5, 5.41) is -0.111. The smallest absolute Gasteiger partial charge is 0.410 e. The molecule has 0 amide bonds. The second-order valence-electron chi connectivity index (χ2n) is 11.2. The number of hydrogen-bond acceptors (Lipinski definition) is 3. The van der Waals surface area contributed by atoms with Crippen LogP contribution in [0, 0.1) is 0 Å². The topological polar surface area (TPSA) is 30.8 Å². The van der Waals surface area contributed by atoms with Gasteiger partial charge in [0.05, 0.1) is 6.61 Å². The monoisotopic (exact) mass is 423 g/mol. The fourth-order valence-electron chi connectivity index (χ4n) is 5.19. The van der Waals surface area contributed by atoms with E-state index in [2.05, 4.69) is 95.0 Å². The molecule has 0 aromatic carbocycles. The van der Waals surface area contributed by atoms with Gasteiger partial charge in [0.1, 0.15) is 0 Å².